The van der Waals surface area contributed by atoms with E-state index in [4.69, 9.17) is 11.0 Å². The molecule has 0 amide bonds. The highest BCUT2D eigenvalue weighted by Gasteiger charge is 2.08. The van der Waals surface area contributed by atoms with E-state index in [-0.39, 0.29) is 11.4 Å². The number of hydrogen-bond donors (Lipinski definition) is 1. The molecule has 0 saturated heterocycles. The second kappa shape index (κ2) is 3.38. The second-order valence-corrected chi connectivity index (χ2v) is 2.99. The smallest absolute Gasteiger partial charge is 0.179 e. The summed E-state index contributed by atoms with van der Waals surface area (Å²) >= 11 is 0. The van der Waals surface area contributed by atoms with E-state index < -0.39 is 0 Å². The second-order valence-electron chi connectivity index (χ2n) is 2.99. The monoisotopic (exact) mass is 200 g/mol. The average molecular weight is 200 g/mol. The van der Waals surface area contributed by atoms with E-state index in [1.807, 2.05) is 13.1 Å². The van der Waals surface area contributed by atoms with Gasteiger partial charge in [0.05, 0.1) is 18.7 Å². The molecular weight excluding hydrogens is 192 g/mol. The molecule has 0 radical (unpaired) electrons. The van der Waals surface area contributed by atoms with Gasteiger partial charge in [0.2, 0.25) is 0 Å². The van der Waals surface area contributed by atoms with Gasteiger partial charge in [0.1, 0.15) is 23.1 Å². The van der Waals surface area contributed by atoms with Crippen molar-refractivity contribution in [3.63, 3.8) is 0 Å². The van der Waals surface area contributed by atoms with Gasteiger partial charge in [0, 0.05) is 7.05 Å². The summed E-state index contributed by atoms with van der Waals surface area (Å²) in [5.41, 5.74) is 6.62. The molecule has 0 spiro atoms. The number of aryl methyl sites for hydroxylation is 1. The van der Waals surface area contributed by atoms with Gasteiger partial charge in [-0.05, 0) is 0 Å². The Balaban J connectivity index is 2.53. The summed E-state index contributed by atoms with van der Waals surface area (Å²) in [7, 11) is 1.83. The fraction of sp³-hybridized carbons (Fsp3) is 0.111. The van der Waals surface area contributed by atoms with Crippen LogP contribution in [0.4, 0.5) is 5.82 Å². The summed E-state index contributed by atoms with van der Waals surface area (Å²) in [6.07, 6.45) is 4.69. The maximum atomic E-state index is 8.67. The van der Waals surface area contributed by atoms with E-state index in [1.165, 1.54) is 6.20 Å². The number of hydrogen-bond acceptors (Lipinski definition) is 5. The number of rotatable bonds is 1. The van der Waals surface area contributed by atoms with Gasteiger partial charge in [-0.2, -0.15) is 5.26 Å². The van der Waals surface area contributed by atoms with Crippen LogP contribution in [0.25, 0.3) is 11.5 Å². The third-order valence-electron chi connectivity index (χ3n) is 1.98. The van der Waals surface area contributed by atoms with Crippen molar-refractivity contribution < 1.29 is 0 Å². The fourth-order valence-electron chi connectivity index (χ4n) is 1.18. The molecule has 15 heavy (non-hydrogen) atoms. The first-order chi connectivity index (χ1) is 7.22. The lowest BCUT2D eigenvalue weighted by molar-refractivity contribution is 0.908. The zero-order valence-electron chi connectivity index (χ0n) is 8.05. The summed E-state index contributed by atoms with van der Waals surface area (Å²) < 4.78 is 1.78. The Kier molecular flexibility index (Phi) is 2.06. The van der Waals surface area contributed by atoms with Crippen LogP contribution in [0, 0.1) is 11.3 Å². The van der Waals surface area contributed by atoms with Crippen molar-refractivity contribution >= 4 is 5.82 Å². The molecule has 0 bridgehead atoms. The highest BCUT2D eigenvalue weighted by molar-refractivity contribution is 5.55. The molecule has 0 saturated carbocycles. The van der Waals surface area contributed by atoms with Crippen LogP contribution in [0.1, 0.15) is 5.56 Å². The molecule has 0 aliphatic heterocycles. The van der Waals surface area contributed by atoms with Crippen LogP contribution in [0.2, 0.25) is 0 Å². The van der Waals surface area contributed by atoms with Gasteiger partial charge in [-0.3, -0.25) is 0 Å². The maximum Gasteiger partial charge on any atom is 0.179 e. The summed E-state index contributed by atoms with van der Waals surface area (Å²) in [6.45, 7) is 0. The van der Waals surface area contributed by atoms with Crippen LogP contribution in [-0.2, 0) is 7.05 Å². The molecule has 6 heteroatoms. The van der Waals surface area contributed by atoms with E-state index in [2.05, 4.69) is 15.0 Å². The van der Waals surface area contributed by atoms with Crippen LogP contribution in [0.5, 0.6) is 0 Å². The van der Waals surface area contributed by atoms with Gasteiger partial charge in [-0.1, -0.05) is 0 Å². The Morgan fingerprint density at radius 3 is 2.80 bits per heavy atom. The van der Waals surface area contributed by atoms with E-state index in [9.17, 15) is 0 Å². The van der Waals surface area contributed by atoms with Crippen molar-refractivity contribution in [1.29, 1.82) is 5.26 Å². The molecule has 0 aliphatic carbocycles. The van der Waals surface area contributed by atoms with E-state index >= 15 is 0 Å². The van der Waals surface area contributed by atoms with Crippen LogP contribution in [-0.4, -0.2) is 19.5 Å². The SMILES string of the molecule is Cn1cncc1-c1ncc(C#N)c(N)n1. The lowest BCUT2D eigenvalue weighted by Crippen LogP contribution is -2.01. The van der Waals surface area contributed by atoms with Gasteiger partial charge < -0.3 is 10.3 Å². The Labute approximate surface area is 86.0 Å². The van der Waals surface area contributed by atoms with Gasteiger partial charge in [-0.15, -0.1) is 0 Å². The number of imidazole rings is 1. The van der Waals surface area contributed by atoms with Gasteiger partial charge in [0.15, 0.2) is 5.82 Å². The fourth-order valence-corrected chi connectivity index (χ4v) is 1.18. The average Bonchev–Trinajstić information content (AvgIpc) is 2.64. The largest absolute Gasteiger partial charge is 0.382 e. The highest BCUT2D eigenvalue weighted by Crippen LogP contribution is 2.15. The lowest BCUT2D eigenvalue weighted by Gasteiger charge is -2.01. The van der Waals surface area contributed by atoms with Crippen molar-refractivity contribution in [3.8, 4) is 17.6 Å². The van der Waals surface area contributed by atoms with Crippen LogP contribution >= 0.6 is 0 Å². The molecule has 0 aromatic carbocycles. The molecule has 0 unspecified atom stereocenters. The number of nitriles is 1. The zero-order chi connectivity index (χ0) is 10.8. The van der Waals surface area contributed by atoms with Crippen LogP contribution in [0.3, 0.4) is 0 Å². The molecular formula is C9H8N6. The van der Waals surface area contributed by atoms with Gasteiger partial charge in [-0.25, -0.2) is 15.0 Å². The number of anilines is 1. The molecule has 2 N–H and O–H groups in total. The third kappa shape index (κ3) is 1.50. The normalized spacial score (nSPS) is 9.87. The Hall–Kier alpha value is -2.42. The predicted octanol–water partition coefficient (Wildman–Crippen LogP) is 0.331. The first-order valence-corrected chi connectivity index (χ1v) is 4.21. The molecule has 0 fully saturated rings. The Bertz CT molecular complexity index is 536. The van der Waals surface area contributed by atoms with E-state index in [0.29, 0.717) is 5.82 Å². The maximum absolute atomic E-state index is 8.67. The molecule has 2 aromatic rings. The minimum atomic E-state index is 0.184. The summed E-state index contributed by atoms with van der Waals surface area (Å²) in [4.78, 5) is 12.0. The third-order valence-corrected chi connectivity index (χ3v) is 1.98. The van der Waals surface area contributed by atoms with Crippen molar-refractivity contribution in [2.75, 3.05) is 5.73 Å². The minimum Gasteiger partial charge on any atom is -0.382 e. The van der Waals surface area contributed by atoms with E-state index in [1.54, 1.807) is 17.1 Å². The zero-order valence-corrected chi connectivity index (χ0v) is 8.05. The number of nitrogen functional groups attached to an aromatic ring is 1. The topological polar surface area (TPSA) is 93.4 Å². The highest BCUT2D eigenvalue weighted by atomic mass is 15.1. The van der Waals surface area contributed by atoms with Gasteiger partial charge in [0.25, 0.3) is 0 Å². The lowest BCUT2D eigenvalue weighted by atomic mass is 10.3. The van der Waals surface area contributed by atoms with Crippen molar-refractivity contribution in [1.82, 2.24) is 19.5 Å². The van der Waals surface area contributed by atoms with Crippen LogP contribution in [0.15, 0.2) is 18.7 Å². The molecule has 0 aliphatic rings. The van der Waals surface area contributed by atoms with Crippen LogP contribution < -0.4 is 5.73 Å². The molecule has 2 heterocycles. The number of aromatic nitrogens is 4. The Morgan fingerprint density at radius 1 is 1.47 bits per heavy atom. The standard InChI is InChI=1S/C9H8N6/c1-15-5-12-4-7(15)9-13-3-6(2-10)8(11)14-9/h3-5H,1H3,(H2,11,13,14). The number of nitrogens with two attached hydrogens (primary N) is 1. The Morgan fingerprint density at radius 2 is 2.27 bits per heavy atom. The van der Waals surface area contributed by atoms with Crippen molar-refractivity contribution in [2.24, 2.45) is 7.05 Å². The quantitative estimate of drug-likeness (QED) is 0.715. The number of nitrogens with zero attached hydrogens (tertiary/aromatic N) is 5. The minimum absolute atomic E-state index is 0.184. The molecule has 2 rings (SSSR count). The van der Waals surface area contributed by atoms with Crippen molar-refractivity contribution in [2.45, 2.75) is 0 Å². The molecule has 2 aromatic heterocycles. The van der Waals surface area contributed by atoms with Gasteiger partial charge >= 0.3 is 0 Å². The molecule has 0 atom stereocenters. The summed E-state index contributed by atoms with van der Waals surface area (Å²) in [5.74, 6) is 0.648. The summed E-state index contributed by atoms with van der Waals surface area (Å²) in [5, 5.41) is 8.67. The first-order valence-electron chi connectivity index (χ1n) is 4.21. The molecule has 74 valence electrons. The predicted molar refractivity (Wildman–Crippen MR) is 53.4 cm³/mol. The van der Waals surface area contributed by atoms with Crippen molar-refractivity contribution in [3.05, 3.63) is 24.3 Å². The molecule has 6 nitrogen and oxygen atoms in total. The summed E-state index contributed by atoms with van der Waals surface area (Å²) in [6, 6.07) is 1.91. The first kappa shape index (κ1) is 9.15. The van der Waals surface area contributed by atoms with E-state index in [0.717, 1.165) is 5.69 Å².